The average Bonchev–Trinajstić information content (AvgIpc) is 2.64. The molecule has 5 heteroatoms. The molecule has 1 heterocycles. The number of pyridine rings is 1. The molecule has 0 unspecified atom stereocenters. The van der Waals surface area contributed by atoms with Crippen molar-refractivity contribution in [2.24, 2.45) is 0 Å². The van der Waals surface area contributed by atoms with E-state index >= 15 is 0 Å². The maximum absolute atomic E-state index is 10.5. The summed E-state index contributed by atoms with van der Waals surface area (Å²) in [4.78, 5) is 6.67. The topological polar surface area (TPSA) is 48.4 Å². The molecule has 3 aromatic rings. The fourth-order valence-electron chi connectivity index (χ4n) is 3.47. The van der Waals surface area contributed by atoms with Gasteiger partial charge in [0.15, 0.2) is 0 Å². The highest BCUT2D eigenvalue weighted by Gasteiger charge is 2.16. The van der Waals surface area contributed by atoms with E-state index in [9.17, 15) is 5.11 Å². The fourth-order valence-corrected chi connectivity index (χ4v) is 3.64. The molecule has 142 valence electrons. The number of nitrogens with one attached hydrogen (secondary N) is 1. The van der Waals surface area contributed by atoms with E-state index in [0.29, 0.717) is 10.8 Å². The van der Waals surface area contributed by atoms with Crippen LogP contribution in [0.5, 0.6) is 5.75 Å². The highest BCUT2D eigenvalue weighted by molar-refractivity contribution is 6.31. The summed E-state index contributed by atoms with van der Waals surface area (Å²) in [6, 6.07) is 11.4. The van der Waals surface area contributed by atoms with Gasteiger partial charge in [0.25, 0.3) is 0 Å². The Bertz CT molecular complexity index is 936. The van der Waals surface area contributed by atoms with E-state index in [1.165, 1.54) is 0 Å². The second-order valence-electron chi connectivity index (χ2n) is 6.74. The number of halogens is 1. The Morgan fingerprint density at radius 3 is 2.48 bits per heavy atom. The number of fused-ring (bicyclic) bond motifs is 1. The first kappa shape index (κ1) is 19.3. The number of rotatable bonds is 7. The number of anilines is 3. The number of hydrogen-bond donors (Lipinski definition) is 2. The molecule has 2 N–H and O–H groups in total. The Morgan fingerprint density at radius 2 is 1.78 bits per heavy atom. The van der Waals surface area contributed by atoms with Crippen LogP contribution >= 0.6 is 11.6 Å². The van der Waals surface area contributed by atoms with Gasteiger partial charge in [0, 0.05) is 41.1 Å². The number of aromatic nitrogens is 1. The third-order valence-electron chi connectivity index (χ3n) is 4.69. The lowest BCUT2D eigenvalue weighted by atomic mass is 10.1. The monoisotopic (exact) mass is 383 g/mol. The molecule has 0 radical (unpaired) electrons. The van der Waals surface area contributed by atoms with Crippen molar-refractivity contribution in [2.45, 2.75) is 33.6 Å². The molecule has 4 nitrogen and oxygen atoms in total. The van der Waals surface area contributed by atoms with Gasteiger partial charge >= 0.3 is 0 Å². The first-order chi connectivity index (χ1) is 13.0. The largest absolute Gasteiger partial charge is 0.506 e. The fraction of sp³-hybridized carbons (Fsp3) is 0.318. The van der Waals surface area contributed by atoms with Crippen molar-refractivity contribution in [1.82, 2.24) is 4.98 Å². The number of nitrogens with zero attached hydrogens (tertiary/aromatic N) is 2. The van der Waals surface area contributed by atoms with Gasteiger partial charge in [0.1, 0.15) is 5.75 Å². The highest BCUT2D eigenvalue weighted by atomic mass is 35.5. The molecule has 0 aliphatic rings. The van der Waals surface area contributed by atoms with Crippen LogP contribution in [0.1, 0.15) is 32.3 Å². The predicted octanol–water partition coefficient (Wildman–Crippen LogP) is 6.27. The number of phenols is 1. The summed E-state index contributed by atoms with van der Waals surface area (Å²) in [5, 5.41) is 15.7. The Labute approximate surface area is 165 Å². The smallest absolute Gasteiger partial charge is 0.139 e. The molecule has 0 bridgehead atoms. The van der Waals surface area contributed by atoms with E-state index in [0.717, 1.165) is 59.5 Å². The van der Waals surface area contributed by atoms with Crippen molar-refractivity contribution < 1.29 is 5.11 Å². The van der Waals surface area contributed by atoms with E-state index in [-0.39, 0.29) is 0 Å². The zero-order valence-corrected chi connectivity index (χ0v) is 16.8. The van der Waals surface area contributed by atoms with Gasteiger partial charge in [-0.15, -0.1) is 0 Å². The van der Waals surface area contributed by atoms with Crippen LogP contribution in [0.3, 0.4) is 0 Å². The van der Waals surface area contributed by atoms with Crippen LogP contribution < -0.4 is 10.2 Å². The second kappa shape index (κ2) is 8.49. The molecule has 0 fully saturated rings. The van der Waals surface area contributed by atoms with Crippen LogP contribution in [0.2, 0.25) is 5.02 Å². The molecule has 3 rings (SSSR count). The van der Waals surface area contributed by atoms with Crippen LogP contribution in [0.25, 0.3) is 10.9 Å². The molecule has 0 atom stereocenters. The van der Waals surface area contributed by atoms with Crippen LogP contribution in [-0.4, -0.2) is 23.2 Å². The summed E-state index contributed by atoms with van der Waals surface area (Å²) < 4.78 is 0. The van der Waals surface area contributed by atoms with Crippen molar-refractivity contribution in [1.29, 1.82) is 0 Å². The molecule has 0 aliphatic heterocycles. The quantitative estimate of drug-likeness (QED) is 0.472. The van der Waals surface area contributed by atoms with Crippen LogP contribution in [0.4, 0.5) is 17.1 Å². The van der Waals surface area contributed by atoms with Gasteiger partial charge in [-0.2, -0.15) is 0 Å². The minimum Gasteiger partial charge on any atom is -0.506 e. The molecule has 0 saturated heterocycles. The molecule has 0 saturated carbocycles. The predicted molar refractivity (Wildman–Crippen MR) is 116 cm³/mol. The number of hydrogen-bond acceptors (Lipinski definition) is 4. The molecule has 27 heavy (non-hydrogen) atoms. The summed E-state index contributed by atoms with van der Waals surface area (Å²) in [7, 11) is 0. The minimum atomic E-state index is 0.325. The third-order valence-corrected chi connectivity index (χ3v) is 4.92. The minimum absolute atomic E-state index is 0.325. The van der Waals surface area contributed by atoms with Gasteiger partial charge in [-0.3, -0.25) is 4.98 Å². The normalized spacial score (nSPS) is 11.0. The van der Waals surface area contributed by atoms with Gasteiger partial charge in [-0.1, -0.05) is 25.4 Å². The molecule has 0 spiro atoms. The summed E-state index contributed by atoms with van der Waals surface area (Å²) >= 11 is 6.10. The highest BCUT2D eigenvalue weighted by Crippen LogP contribution is 2.38. The lowest BCUT2D eigenvalue weighted by molar-refractivity contribution is 0.473. The molecule has 0 aliphatic carbocycles. The lowest BCUT2D eigenvalue weighted by Gasteiger charge is -2.28. The van der Waals surface area contributed by atoms with E-state index in [2.05, 4.69) is 36.0 Å². The van der Waals surface area contributed by atoms with Crippen molar-refractivity contribution in [2.75, 3.05) is 23.3 Å². The first-order valence-corrected chi connectivity index (χ1v) is 9.81. The average molecular weight is 384 g/mol. The van der Waals surface area contributed by atoms with Crippen LogP contribution in [-0.2, 0) is 0 Å². The molecule has 1 aromatic heterocycles. The maximum Gasteiger partial charge on any atom is 0.139 e. The second-order valence-corrected chi connectivity index (χ2v) is 7.17. The van der Waals surface area contributed by atoms with Gasteiger partial charge in [-0.05, 0) is 61.7 Å². The van der Waals surface area contributed by atoms with E-state index in [1.807, 2.05) is 30.3 Å². The van der Waals surface area contributed by atoms with Gasteiger partial charge in [-0.25, -0.2) is 0 Å². The Morgan fingerprint density at radius 1 is 1.04 bits per heavy atom. The third kappa shape index (κ3) is 4.11. The number of phenolic OH excluding ortho intramolecular Hbond substituents is 1. The van der Waals surface area contributed by atoms with E-state index in [1.54, 1.807) is 12.3 Å². The summed E-state index contributed by atoms with van der Waals surface area (Å²) in [5.74, 6) is 0.325. The summed E-state index contributed by atoms with van der Waals surface area (Å²) in [5.41, 5.74) is 4.74. The lowest BCUT2D eigenvalue weighted by Crippen LogP contribution is -2.26. The van der Waals surface area contributed by atoms with Crippen molar-refractivity contribution >= 4 is 39.6 Å². The van der Waals surface area contributed by atoms with Crippen molar-refractivity contribution in [3.63, 3.8) is 0 Å². The molecular weight excluding hydrogens is 358 g/mol. The van der Waals surface area contributed by atoms with Crippen LogP contribution in [0.15, 0.2) is 42.6 Å². The molecule has 2 aromatic carbocycles. The van der Waals surface area contributed by atoms with Crippen molar-refractivity contribution in [3.8, 4) is 5.75 Å². The van der Waals surface area contributed by atoms with E-state index in [4.69, 9.17) is 11.6 Å². The SMILES string of the molecule is CCCN(CCC)c1c(O)ccc(Nc2ccnc3cc(Cl)ccc23)c1C. The Kier molecular flexibility index (Phi) is 6.07. The Balaban J connectivity index is 2.02. The zero-order valence-electron chi connectivity index (χ0n) is 16.1. The van der Waals surface area contributed by atoms with Crippen molar-refractivity contribution in [3.05, 3.63) is 53.2 Å². The van der Waals surface area contributed by atoms with Gasteiger partial charge in [0.2, 0.25) is 0 Å². The zero-order chi connectivity index (χ0) is 19.4. The Hall–Kier alpha value is -2.46. The van der Waals surface area contributed by atoms with E-state index < -0.39 is 0 Å². The number of aromatic hydroxyl groups is 1. The molecule has 0 amide bonds. The standard InChI is InChI=1S/C22H26ClN3O/c1-4-12-26(13-5-2)22-15(3)18(8-9-21(22)27)25-19-10-11-24-20-14-16(23)6-7-17(19)20/h6-11,14,27H,4-5,12-13H2,1-3H3,(H,24,25). The number of benzene rings is 2. The summed E-state index contributed by atoms with van der Waals surface area (Å²) in [6.07, 6.45) is 3.84. The first-order valence-electron chi connectivity index (χ1n) is 9.44. The summed E-state index contributed by atoms with van der Waals surface area (Å²) in [6.45, 7) is 8.21. The molecular formula is C22H26ClN3O. The van der Waals surface area contributed by atoms with Crippen LogP contribution in [0, 0.1) is 6.92 Å². The van der Waals surface area contributed by atoms with Gasteiger partial charge < -0.3 is 15.3 Å². The maximum atomic E-state index is 10.5. The van der Waals surface area contributed by atoms with Gasteiger partial charge in [0.05, 0.1) is 11.2 Å².